The van der Waals surface area contributed by atoms with E-state index in [1.54, 1.807) is 0 Å². The molecule has 1 N–H and O–H groups in total. The molecule has 1 aliphatic heterocycles. The van der Waals surface area contributed by atoms with Crippen molar-refractivity contribution < 1.29 is 4.74 Å². The Kier molecular flexibility index (Phi) is 4.83. The number of hydrogen-bond acceptors (Lipinski definition) is 3. The fraction of sp³-hybridized carbons (Fsp3) is 1.00. The monoisotopic (exact) mass is 240 g/mol. The van der Waals surface area contributed by atoms with Gasteiger partial charge in [-0.3, -0.25) is 4.90 Å². The fourth-order valence-electron chi connectivity index (χ4n) is 3.29. The van der Waals surface area contributed by atoms with Gasteiger partial charge in [0.1, 0.15) is 0 Å². The van der Waals surface area contributed by atoms with Crippen molar-refractivity contribution in [3.63, 3.8) is 0 Å². The molecule has 0 radical (unpaired) electrons. The molecule has 100 valence electrons. The first-order valence-corrected chi connectivity index (χ1v) is 7.28. The van der Waals surface area contributed by atoms with Gasteiger partial charge in [0.2, 0.25) is 0 Å². The molecule has 2 rings (SSSR count). The Morgan fingerprint density at radius 1 is 1.24 bits per heavy atom. The fourth-order valence-corrected chi connectivity index (χ4v) is 3.29. The van der Waals surface area contributed by atoms with Crippen molar-refractivity contribution in [1.82, 2.24) is 10.2 Å². The summed E-state index contributed by atoms with van der Waals surface area (Å²) in [7, 11) is 2.30. The summed E-state index contributed by atoms with van der Waals surface area (Å²) in [6, 6.07) is 1.43. The summed E-state index contributed by atoms with van der Waals surface area (Å²) in [5, 5.41) is 3.57. The van der Waals surface area contributed by atoms with Crippen LogP contribution in [0.5, 0.6) is 0 Å². The zero-order valence-electron chi connectivity index (χ0n) is 11.6. The number of nitrogens with zero attached hydrogens (tertiary/aromatic N) is 1. The number of nitrogens with one attached hydrogen (secondary N) is 1. The third-order valence-corrected chi connectivity index (χ3v) is 4.59. The van der Waals surface area contributed by atoms with Gasteiger partial charge in [-0.2, -0.15) is 0 Å². The first-order valence-electron chi connectivity index (χ1n) is 7.28. The van der Waals surface area contributed by atoms with Crippen molar-refractivity contribution in [3.8, 4) is 0 Å². The zero-order chi connectivity index (χ0) is 12.3. The topological polar surface area (TPSA) is 24.5 Å². The lowest BCUT2D eigenvalue weighted by Gasteiger charge is -2.46. The Labute approximate surface area is 106 Å². The quantitative estimate of drug-likeness (QED) is 0.717. The van der Waals surface area contributed by atoms with Gasteiger partial charge < -0.3 is 10.1 Å². The molecular weight excluding hydrogens is 212 g/mol. The van der Waals surface area contributed by atoms with Crippen molar-refractivity contribution in [2.45, 2.75) is 57.7 Å². The normalized spacial score (nSPS) is 37.4. The molecule has 2 aliphatic rings. The number of hydrogen-bond donors (Lipinski definition) is 1. The molecule has 1 saturated heterocycles. The molecule has 2 fully saturated rings. The van der Waals surface area contributed by atoms with Gasteiger partial charge in [-0.05, 0) is 58.7 Å². The van der Waals surface area contributed by atoms with Gasteiger partial charge in [0, 0.05) is 18.7 Å². The lowest BCUT2D eigenvalue weighted by atomic mass is 9.77. The van der Waals surface area contributed by atoms with Gasteiger partial charge in [0.25, 0.3) is 0 Å². The number of ether oxygens (including phenoxy) is 1. The Balaban J connectivity index is 1.77. The van der Waals surface area contributed by atoms with E-state index in [2.05, 4.69) is 31.1 Å². The van der Waals surface area contributed by atoms with Crippen LogP contribution in [-0.2, 0) is 4.74 Å². The SMILES string of the molecule is CCCNCC1CCC1N(C)C1CCOC1C. The lowest BCUT2D eigenvalue weighted by molar-refractivity contribution is 0.0166. The molecule has 0 aromatic rings. The second-order valence-electron chi connectivity index (χ2n) is 5.71. The molecule has 3 heteroatoms. The van der Waals surface area contributed by atoms with Gasteiger partial charge >= 0.3 is 0 Å². The summed E-state index contributed by atoms with van der Waals surface area (Å²) >= 11 is 0. The summed E-state index contributed by atoms with van der Waals surface area (Å²) in [4.78, 5) is 2.60. The Morgan fingerprint density at radius 2 is 2.06 bits per heavy atom. The molecule has 1 saturated carbocycles. The van der Waals surface area contributed by atoms with Crippen LogP contribution in [0.1, 0.15) is 39.5 Å². The zero-order valence-corrected chi connectivity index (χ0v) is 11.6. The van der Waals surface area contributed by atoms with Crippen LogP contribution < -0.4 is 5.32 Å². The molecule has 3 nitrogen and oxygen atoms in total. The van der Waals surface area contributed by atoms with Crippen LogP contribution in [0.15, 0.2) is 0 Å². The van der Waals surface area contributed by atoms with E-state index in [9.17, 15) is 0 Å². The van der Waals surface area contributed by atoms with Crippen LogP contribution in [0.25, 0.3) is 0 Å². The third kappa shape index (κ3) is 3.01. The molecule has 0 amide bonds. The molecule has 0 aromatic heterocycles. The maximum atomic E-state index is 5.68. The smallest absolute Gasteiger partial charge is 0.0703 e. The molecule has 0 aromatic carbocycles. The number of likely N-dealkylation sites (N-methyl/N-ethyl adjacent to an activating group) is 1. The maximum absolute atomic E-state index is 5.68. The highest BCUT2D eigenvalue weighted by Gasteiger charge is 2.39. The van der Waals surface area contributed by atoms with E-state index in [0.717, 1.165) is 25.1 Å². The molecule has 17 heavy (non-hydrogen) atoms. The van der Waals surface area contributed by atoms with Gasteiger partial charge in [-0.1, -0.05) is 6.92 Å². The van der Waals surface area contributed by atoms with E-state index in [4.69, 9.17) is 4.74 Å². The summed E-state index contributed by atoms with van der Waals surface area (Å²) in [6.07, 6.45) is 5.64. The highest BCUT2D eigenvalue weighted by Crippen LogP contribution is 2.34. The second-order valence-corrected chi connectivity index (χ2v) is 5.71. The maximum Gasteiger partial charge on any atom is 0.0703 e. The van der Waals surface area contributed by atoms with Crippen LogP contribution >= 0.6 is 0 Å². The van der Waals surface area contributed by atoms with Crippen LogP contribution in [-0.4, -0.2) is 49.8 Å². The van der Waals surface area contributed by atoms with E-state index in [0.29, 0.717) is 12.1 Å². The van der Waals surface area contributed by atoms with Crippen molar-refractivity contribution >= 4 is 0 Å². The van der Waals surface area contributed by atoms with E-state index >= 15 is 0 Å². The first kappa shape index (κ1) is 13.3. The largest absolute Gasteiger partial charge is 0.377 e. The van der Waals surface area contributed by atoms with E-state index in [-0.39, 0.29) is 0 Å². The van der Waals surface area contributed by atoms with Gasteiger partial charge in [0.15, 0.2) is 0 Å². The number of rotatable bonds is 6. The van der Waals surface area contributed by atoms with Gasteiger partial charge in [-0.15, -0.1) is 0 Å². The Bertz CT molecular complexity index is 234. The predicted octanol–water partition coefficient (Wildman–Crippen LogP) is 1.87. The third-order valence-electron chi connectivity index (χ3n) is 4.59. The van der Waals surface area contributed by atoms with Gasteiger partial charge in [0.05, 0.1) is 6.10 Å². The minimum Gasteiger partial charge on any atom is -0.377 e. The van der Waals surface area contributed by atoms with Crippen LogP contribution in [0.4, 0.5) is 0 Å². The standard InChI is InChI=1S/C14H28N2O/c1-4-8-15-10-12-5-6-14(12)16(3)13-7-9-17-11(13)2/h11-15H,4-10H2,1-3H3. The van der Waals surface area contributed by atoms with E-state index < -0.39 is 0 Å². The van der Waals surface area contributed by atoms with Crippen LogP contribution in [0, 0.1) is 5.92 Å². The molecule has 1 heterocycles. The van der Waals surface area contributed by atoms with Crippen molar-refractivity contribution in [1.29, 1.82) is 0 Å². The first-order chi connectivity index (χ1) is 8.24. The Morgan fingerprint density at radius 3 is 2.59 bits per heavy atom. The molecule has 4 unspecified atom stereocenters. The minimum atomic E-state index is 0.421. The minimum absolute atomic E-state index is 0.421. The average Bonchev–Trinajstić information content (AvgIpc) is 2.69. The molecule has 1 aliphatic carbocycles. The lowest BCUT2D eigenvalue weighted by Crippen LogP contribution is -2.54. The summed E-state index contributed by atoms with van der Waals surface area (Å²) in [6.45, 7) is 7.76. The molecular formula is C14H28N2O. The van der Waals surface area contributed by atoms with E-state index in [1.165, 1.54) is 32.2 Å². The predicted molar refractivity (Wildman–Crippen MR) is 71.3 cm³/mol. The van der Waals surface area contributed by atoms with Crippen LogP contribution in [0.2, 0.25) is 0 Å². The summed E-state index contributed by atoms with van der Waals surface area (Å²) < 4.78 is 5.68. The van der Waals surface area contributed by atoms with Crippen LogP contribution in [0.3, 0.4) is 0 Å². The summed E-state index contributed by atoms with van der Waals surface area (Å²) in [5.74, 6) is 0.861. The highest BCUT2D eigenvalue weighted by atomic mass is 16.5. The van der Waals surface area contributed by atoms with Crippen molar-refractivity contribution in [3.05, 3.63) is 0 Å². The van der Waals surface area contributed by atoms with Crippen molar-refractivity contribution in [2.75, 3.05) is 26.7 Å². The molecule has 0 spiro atoms. The average molecular weight is 240 g/mol. The summed E-state index contributed by atoms with van der Waals surface area (Å²) in [5.41, 5.74) is 0. The van der Waals surface area contributed by atoms with Gasteiger partial charge in [-0.25, -0.2) is 0 Å². The molecule has 0 bridgehead atoms. The van der Waals surface area contributed by atoms with Crippen molar-refractivity contribution in [2.24, 2.45) is 5.92 Å². The molecule has 4 atom stereocenters. The Hall–Kier alpha value is -0.120. The van der Waals surface area contributed by atoms with E-state index in [1.807, 2.05) is 0 Å². The second kappa shape index (κ2) is 6.17. The highest BCUT2D eigenvalue weighted by molar-refractivity contribution is 4.93.